The van der Waals surface area contributed by atoms with Crippen LogP contribution in [0.25, 0.3) is 5.52 Å². The Morgan fingerprint density at radius 2 is 2.00 bits per heavy atom. The molecule has 0 spiro atoms. The van der Waals surface area contributed by atoms with Crippen LogP contribution in [0.2, 0.25) is 0 Å². The topological polar surface area (TPSA) is 72.3 Å². The van der Waals surface area contributed by atoms with E-state index in [2.05, 4.69) is 46.3 Å². The maximum atomic E-state index is 12.4. The summed E-state index contributed by atoms with van der Waals surface area (Å²) >= 11 is 0. The number of nitrogens with zero attached hydrogens (tertiary/aromatic N) is 3. The van der Waals surface area contributed by atoms with E-state index in [-0.39, 0.29) is 5.56 Å². The first kappa shape index (κ1) is 15.1. The van der Waals surface area contributed by atoms with E-state index in [0.29, 0.717) is 23.7 Å². The molecule has 0 bridgehead atoms. The first-order chi connectivity index (χ1) is 11.7. The molecule has 24 heavy (non-hydrogen) atoms. The second-order valence-corrected chi connectivity index (χ2v) is 6.36. The van der Waals surface area contributed by atoms with Crippen LogP contribution in [0.5, 0.6) is 0 Å². The van der Waals surface area contributed by atoms with E-state index in [4.69, 9.17) is 4.74 Å². The average molecular weight is 324 g/mol. The number of fused-ring (bicyclic) bond motifs is 1. The quantitative estimate of drug-likeness (QED) is 0.802. The Labute approximate surface area is 139 Å². The zero-order chi connectivity index (χ0) is 16.5. The fourth-order valence-corrected chi connectivity index (χ4v) is 3.17. The first-order valence-electron chi connectivity index (χ1n) is 8.31. The lowest BCUT2D eigenvalue weighted by molar-refractivity contribution is 0.0832. The second kappa shape index (κ2) is 6.20. The number of imidazole rings is 1. The molecular formula is C18H20N4O2. The Hall–Kier alpha value is -2.47. The highest BCUT2D eigenvalue weighted by atomic mass is 16.5. The number of hydrogen-bond donors (Lipinski definition) is 1. The number of nitrogens with one attached hydrogen (secondary N) is 1. The van der Waals surface area contributed by atoms with E-state index in [1.807, 2.05) is 0 Å². The minimum Gasteiger partial charge on any atom is -0.381 e. The predicted molar refractivity (Wildman–Crippen MR) is 90.4 cm³/mol. The molecule has 2 aromatic heterocycles. The molecule has 6 heteroatoms. The van der Waals surface area contributed by atoms with Gasteiger partial charge in [-0.3, -0.25) is 4.79 Å². The highest BCUT2D eigenvalue weighted by Gasteiger charge is 2.22. The van der Waals surface area contributed by atoms with Crippen LogP contribution in [-0.2, 0) is 11.2 Å². The molecule has 1 aliphatic heterocycles. The van der Waals surface area contributed by atoms with E-state index in [1.54, 1.807) is 10.7 Å². The number of aryl methyl sites for hydroxylation is 1. The Morgan fingerprint density at radius 1 is 1.25 bits per heavy atom. The molecule has 1 aromatic carbocycles. The van der Waals surface area contributed by atoms with Crippen LogP contribution in [0.15, 0.2) is 35.3 Å². The molecule has 4 rings (SSSR count). The highest BCUT2D eigenvalue weighted by Crippen LogP contribution is 2.25. The van der Waals surface area contributed by atoms with Crippen molar-refractivity contribution >= 4 is 5.52 Å². The molecule has 3 aromatic rings. The van der Waals surface area contributed by atoms with E-state index in [0.717, 1.165) is 37.4 Å². The third kappa shape index (κ3) is 2.85. The van der Waals surface area contributed by atoms with Gasteiger partial charge in [-0.1, -0.05) is 29.8 Å². The molecule has 0 aliphatic carbocycles. The van der Waals surface area contributed by atoms with Gasteiger partial charge in [0.25, 0.3) is 5.56 Å². The van der Waals surface area contributed by atoms with Gasteiger partial charge in [0.2, 0.25) is 0 Å². The second-order valence-electron chi connectivity index (χ2n) is 6.36. The maximum Gasteiger partial charge on any atom is 0.276 e. The van der Waals surface area contributed by atoms with Crippen LogP contribution >= 0.6 is 0 Å². The summed E-state index contributed by atoms with van der Waals surface area (Å²) in [7, 11) is 0. The summed E-state index contributed by atoms with van der Waals surface area (Å²) in [5, 5.41) is 4.65. The molecule has 1 aliphatic rings. The number of rotatable bonds is 3. The summed E-state index contributed by atoms with van der Waals surface area (Å²) in [6, 6.07) is 8.26. The van der Waals surface area contributed by atoms with Crippen molar-refractivity contribution in [2.24, 2.45) is 0 Å². The SMILES string of the molecule is Cc1ccc(Cc2nn3c(C4CCOCC4)ncc3c(=O)[nH]2)cc1. The van der Waals surface area contributed by atoms with Gasteiger partial charge in [-0.25, -0.2) is 9.50 Å². The largest absolute Gasteiger partial charge is 0.381 e. The molecule has 124 valence electrons. The molecule has 6 nitrogen and oxygen atoms in total. The fourth-order valence-electron chi connectivity index (χ4n) is 3.17. The van der Waals surface area contributed by atoms with Gasteiger partial charge in [-0.15, -0.1) is 0 Å². The minimum absolute atomic E-state index is 0.141. The van der Waals surface area contributed by atoms with Gasteiger partial charge >= 0.3 is 0 Å². The maximum absolute atomic E-state index is 12.4. The monoisotopic (exact) mass is 324 g/mol. The third-order valence-electron chi connectivity index (χ3n) is 4.55. The number of H-pyrrole nitrogens is 1. The van der Waals surface area contributed by atoms with Crippen LogP contribution < -0.4 is 5.56 Å². The number of hydrogen-bond acceptors (Lipinski definition) is 4. The van der Waals surface area contributed by atoms with Crippen LogP contribution in [0.3, 0.4) is 0 Å². The van der Waals surface area contributed by atoms with Gasteiger partial charge in [0, 0.05) is 25.6 Å². The molecule has 0 amide bonds. The fraction of sp³-hybridized carbons (Fsp3) is 0.389. The molecule has 0 atom stereocenters. The summed E-state index contributed by atoms with van der Waals surface area (Å²) in [4.78, 5) is 19.7. The van der Waals surface area contributed by atoms with E-state index < -0.39 is 0 Å². The number of ether oxygens (including phenoxy) is 1. The minimum atomic E-state index is -0.141. The number of aromatic amines is 1. The average Bonchev–Trinajstić information content (AvgIpc) is 3.02. The lowest BCUT2D eigenvalue weighted by atomic mass is 10.00. The lowest BCUT2D eigenvalue weighted by Gasteiger charge is -2.20. The third-order valence-corrected chi connectivity index (χ3v) is 4.55. The van der Waals surface area contributed by atoms with Gasteiger partial charge < -0.3 is 9.72 Å². The van der Waals surface area contributed by atoms with Gasteiger partial charge in [0.15, 0.2) is 5.52 Å². The van der Waals surface area contributed by atoms with Gasteiger partial charge in [0.1, 0.15) is 11.6 Å². The van der Waals surface area contributed by atoms with Crippen molar-refractivity contribution in [3.8, 4) is 0 Å². The summed E-state index contributed by atoms with van der Waals surface area (Å²) in [5.74, 6) is 1.81. The highest BCUT2D eigenvalue weighted by molar-refractivity contribution is 5.42. The first-order valence-corrected chi connectivity index (χ1v) is 8.31. The van der Waals surface area contributed by atoms with Gasteiger partial charge in [-0.05, 0) is 25.3 Å². The summed E-state index contributed by atoms with van der Waals surface area (Å²) in [6.45, 7) is 3.53. The zero-order valence-electron chi connectivity index (χ0n) is 13.7. The van der Waals surface area contributed by atoms with Crippen LogP contribution in [0, 0.1) is 6.92 Å². The molecule has 0 radical (unpaired) electrons. The molecule has 1 saturated heterocycles. The molecule has 3 heterocycles. The Balaban J connectivity index is 1.71. The van der Waals surface area contributed by atoms with Gasteiger partial charge in [0.05, 0.1) is 6.20 Å². The standard InChI is InChI=1S/C18H20N4O2/c1-12-2-4-13(5-3-12)10-16-20-18(23)15-11-19-17(22(15)21-16)14-6-8-24-9-7-14/h2-5,11,14H,6-10H2,1H3,(H,20,21,23). The van der Waals surface area contributed by atoms with E-state index in [1.165, 1.54) is 5.56 Å². The smallest absolute Gasteiger partial charge is 0.276 e. The van der Waals surface area contributed by atoms with Crippen molar-refractivity contribution in [3.63, 3.8) is 0 Å². The number of aromatic nitrogens is 4. The molecule has 0 saturated carbocycles. The summed E-state index contributed by atoms with van der Waals surface area (Å²) < 4.78 is 7.14. The molecule has 1 fully saturated rings. The van der Waals surface area contributed by atoms with Crippen molar-refractivity contribution in [1.29, 1.82) is 0 Å². The van der Waals surface area contributed by atoms with Crippen molar-refractivity contribution in [2.75, 3.05) is 13.2 Å². The predicted octanol–water partition coefficient (Wildman–Crippen LogP) is 2.21. The Kier molecular flexibility index (Phi) is 3.90. The normalized spacial score (nSPS) is 15.9. The number of benzene rings is 1. The lowest BCUT2D eigenvalue weighted by Crippen LogP contribution is -2.20. The van der Waals surface area contributed by atoms with Crippen molar-refractivity contribution < 1.29 is 4.74 Å². The van der Waals surface area contributed by atoms with Gasteiger partial charge in [-0.2, -0.15) is 5.10 Å². The van der Waals surface area contributed by atoms with Crippen molar-refractivity contribution in [2.45, 2.75) is 32.1 Å². The van der Waals surface area contributed by atoms with E-state index in [9.17, 15) is 4.79 Å². The summed E-state index contributed by atoms with van der Waals surface area (Å²) in [6.07, 6.45) is 4.05. The van der Waals surface area contributed by atoms with Crippen LogP contribution in [-0.4, -0.2) is 32.8 Å². The Morgan fingerprint density at radius 3 is 2.75 bits per heavy atom. The molecule has 1 N–H and O–H groups in total. The zero-order valence-corrected chi connectivity index (χ0v) is 13.7. The molecule has 0 unspecified atom stereocenters. The van der Waals surface area contributed by atoms with E-state index >= 15 is 0 Å². The van der Waals surface area contributed by atoms with Crippen molar-refractivity contribution in [1.82, 2.24) is 19.6 Å². The van der Waals surface area contributed by atoms with Crippen LogP contribution in [0.1, 0.15) is 41.5 Å². The van der Waals surface area contributed by atoms with Crippen LogP contribution in [0.4, 0.5) is 0 Å². The Bertz CT molecular complexity index is 905. The van der Waals surface area contributed by atoms with Crippen molar-refractivity contribution in [3.05, 3.63) is 63.6 Å². The molecular weight excluding hydrogens is 304 g/mol. The summed E-state index contributed by atoms with van der Waals surface area (Å²) in [5.41, 5.74) is 2.70.